The molecule has 1 aliphatic rings. The van der Waals surface area contributed by atoms with Crippen molar-refractivity contribution in [3.8, 4) is 0 Å². The van der Waals surface area contributed by atoms with E-state index in [1.165, 1.54) is 22.7 Å². The Balaban J connectivity index is 1.69. The van der Waals surface area contributed by atoms with Crippen LogP contribution in [0.25, 0.3) is 10.8 Å². The first-order chi connectivity index (χ1) is 14.4. The molecule has 3 aromatic rings. The molecule has 8 heteroatoms. The molecule has 3 heterocycles. The average molecular weight is 405 g/mol. The van der Waals surface area contributed by atoms with Gasteiger partial charge in [-0.1, -0.05) is 18.2 Å². The molecular weight excluding hydrogens is 376 g/mol. The highest BCUT2D eigenvalue weighted by molar-refractivity contribution is 6.04. The third-order valence-electron chi connectivity index (χ3n) is 5.59. The summed E-state index contributed by atoms with van der Waals surface area (Å²) in [6, 6.07) is 8.49. The molecule has 1 saturated heterocycles. The maximum Gasteiger partial charge on any atom is 0.140 e. The van der Waals surface area contributed by atoms with Gasteiger partial charge in [0.15, 0.2) is 0 Å². The standard InChI is InChI=1S/C22H28N8/c1-14-5-4-6-16-11-17(12-25-21-19(15(2)23)20(24)26-13-27-21)28-22(18(14)16)30-9-7-29(3)8-10-30/h4-6,11,13,23H,7-10,12H2,1-3H3,(H3,24,25,26,27). The molecule has 156 valence electrons. The van der Waals surface area contributed by atoms with Crippen LogP contribution in [0.2, 0.25) is 0 Å². The summed E-state index contributed by atoms with van der Waals surface area (Å²) < 4.78 is 0. The number of aryl methyl sites for hydroxylation is 1. The van der Waals surface area contributed by atoms with Gasteiger partial charge in [0.25, 0.3) is 0 Å². The van der Waals surface area contributed by atoms with Crippen LogP contribution in [0.3, 0.4) is 0 Å². The number of nitrogen functional groups attached to an aromatic ring is 1. The third kappa shape index (κ3) is 3.91. The number of hydrogen-bond donors (Lipinski definition) is 3. The van der Waals surface area contributed by atoms with Gasteiger partial charge in [0.1, 0.15) is 23.8 Å². The molecule has 30 heavy (non-hydrogen) atoms. The Hall–Kier alpha value is -3.26. The smallest absolute Gasteiger partial charge is 0.140 e. The summed E-state index contributed by atoms with van der Waals surface area (Å²) in [5.41, 5.74) is 8.98. The van der Waals surface area contributed by atoms with Crippen LogP contribution in [-0.2, 0) is 6.54 Å². The number of fused-ring (bicyclic) bond motifs is 1. The van der Waals surface area contributed by atoms with Crippen molar-refractivity contribution in [2.24, 2.45) is 0 Å². The molecule has 1 fully saturated rings. The van der Waals surface area contributed by atoms with E-state index in [-0.39, 0.29) is 0 Å². The van der Waals surface area contributed by atoms with Crippen molar-refractivity contribution in [1.29, 1.82) is 5.41 Å². The number of benzene rings is 1. The van der Waals surface area contributed by atoms with Crippen molar-refractivity contribution < 1.29 is 0 Å². The summed E-state index contributed by atoms with van der Waals surface area (Å²) in [6.45, 7) is 8.29. The lowest BCUT2D eigenvalue weighted by molar-refractivity contribution is 0.312. The summed E-state index contributed by atoms with van der Waals surface area (Å²) in [7, 11) is 2.16. The van der Waals surface area contributed by atoms with E-state index in [1.807, 2.05) is 0 Å². The highest BCUT2D eigenvalue weighted by atomic mass is 15.3. The second-order valence-corrected chi connectivity index (χ2v) is 7.86. The monoisotopic (exact) mass is 404 g/mol. The predicted molar refractivity (Wildman–Crippen MR) is 122 cm³/mol. The largest absolute Gasteiger partial charge is 0.383 e. The molecule has 2 aromatic heterocycles. The molecule has 0 amide bonds. The van der Waals surface area contributed by atoms with E-state index in [2.05, 4.69) is 63.3 Å². The molecule has 1 aromatic carbocycles. The number of rotatable bonds is 5. The first-order valence-corrected chi connectivity index (χ1v) is 10.2. The number of nitrogens with one attached hydrogen (secondary N) is 2. The Bertz CT molecular complexity index is 1090. The second-order valence-electron chi connectivity index (χ2n) is 7.86. The molecule has 0 radical (unpaired) electrons. The molecule has 0 unspecified atom stereocenters. The van der Waals surface area contributed by atoms with Crippen LogP contribution in [0.1, 0.15) is 23.7 Å². The molecule has 1 aliphatic heterocycles. The Morgan fingerprint density at radius 3 is 2.70 bits per heavy atom. The van der Waals surface area contributed by atoms with Gasteiger partial charge >= 0.3 is 0 Å². The number of nitrogens with zero attached hydrogens (tertiary/aromatic N) is 5. The van der Waals surface area contributed by atoms with Crippen LogP contribution in [0.5, 0.6) is 0 Å². The molecule has 0 bridgehead atoms. The second kappa shape index (κ2) is 8.23. The zero-order valence-electron chi connectivity index (χ0n) is 17.7. The minimum Gasteiger partial charge on any atom is -0.383 e. The normalized spacial score (nSPS) is 14.8. The lowest BCUT2D eigenvalue weighted by atomic mass is 10.0. The predicted octanol–water partition coefficient (Wildman–Crippen LogP) is 2.67. The molecule has 0 spiro atoms. The van der Waals surface area contributed by atoms with Crippen molar-refractivity contribution in [2.45, 2.75) is 20.4 Å². The summed E-state index contributed by atoms with van der Waals surface area (Å²) in [6.07, 6.45) is 1.41. The summed E-state index contributed by atoms with van der Waals surface area (Å²) in [5, 5.41) is 13.7. The van der Waals surface area contributed by atoms with Crippen molar-refractivity contribution in [3.05, 3.63) is 47.4 Å². The molecule has 0 atom stereocenters. The quantitative estimate of drug-likeness (QED) is 0.561. The van der Waals surface area contributed by atoms with E-state index in [0.717, 1.165) is 37.7 Å². The van der Waals surface area contributed by atoms with Gasteiger partial charge in [0, 0.05) is 37.3 Å². The van der Waals surface area contributed by atoms with Gasteiger partial charge in [-0.15, -0.1) is 0 Å². The fourth-order valence-corrected chi connectivity index (χ4v) is 3.93. The fourth-order valence-electron chi connectivity index (χ4n) is 3.93. The van der Waals surface area contributed by atoms with Gasteiger partial charge in [-0.3, -0.25) is 0 Å². The number of anilines is 3. The summed E-state index contributed by atoms with van der Waals surface area (Å²) in [4.78, 5) is 18.1. The Kier molecular flexibility index (Phi) is 5.50. The zero-order chi connectivity index (χ0) is 21.3. The van der Waals surface area contributed by atoms with Crippen LogP contribution in [0.4, 0.5) is 17.5 Å². The molecule has 0 saturated carbocycles. The van der Waals surface area contributed by atoms with Gasteiger partial charge in [-0.2, -0.15) is 0 Å². The van der Waals surface area contributed by atoms with E-state index >= 15 is 0 Å². The van der Waals surface area contributed by atoms with Crippen molar-refractivity contribution in [2.75, 3.05) is 49.2 Å². The maximum atomic E-state index is 7.99. The Morgan fingerprint density at radius 2 is 1.97 bits per heavy atom. The topological polar surface area (TPSA) is 107 Å². The van der Waals surface area contributed by atoms with E-state index in [1.54, 1.807) is 6.92 Å². The lowest BCUT2D eigenvalue weighted by Crippen LogP contribution is -2.45. The van der Waals surface area contributed by atoms with Gasteiger partial charge in [0.05, 0.1) is 17.8 Å². The molecule has 8 nitrogen and oxygen atoms in total. The highest BCUT2D eigenvalue weighted by Gasteiger charge is 2.20. The average Bonchev–Trinajstić information content (AvgIpc) is 2.72. The summed E-state index contributed by atoms with van der Waals surface area (Å²) >= 11 is 0. The van der Waals surface area contributed by atoms with E-state index in [9.17, 15) is 0 Å². The number of aromatic nitrogens is 3. The molecule has 0 aliphatic carbocycles. The van der Waals surface area contributed by atoms with Crippen molar-refractivity contribution >= 4 is 33.9 Å². The van der Waals surface area contributed by atoms with Crippen LogP contribution in [-0.4, -0.2) is 58.8 Å². The molecule has 4 N–H and O–H groups in total. The van der Waals surface area contributed by atoms with Gasteiger partial charge < -0.3 is 26.3 Å². The first kappa shape index (κ1) is 20.0. The van der Waals surface area contributed by atoms with E-state index in [0.29, 0.717) is 29.5 Å². The highest BCUT2D eigenvalue weighted by Crippen LogP contribution is 2.30. The third-order valence-corrected chi connectivity index (χ3v) is 5.59. The Morgan fingerprint density at radius 1 is 1.20 bits per heavy atom. The molecule has 4 rings (SSSR count). The SMILES string of the molecule is CC(=N)c1c(N)ncnc1NCc1cc2cccc(C)c2c(N2CCN(C)CC2)n1. The van der Waals surface area contributed by atoms with Gasteiger partial charge in [0.2, 0.25) is 0 Å². The maximum absolute atomic E-state index is 7.99. The van der Waals surface area contributed by atoms with Crippen LogP contribution >= 0.6 is 0 Å². The number of likely N-dealkylation sites (N-methyl/N-ethyl adjacent to an activating group) is 1. The number of piperazine rings is 1. The first-order valence-electron chi connectivity index (χ1n) is 10.2. The minimum atomic E-state index is 0.306. The number of pyridine rings is 1. The fraction of sp³-hybridized carbons (Fsp3) is 0.364. The Labute approximate surface area is 176 Å². The van der Waals surface area contributed by atoms with Crippen LogP contribution < -0.4 is 16.0 Å². The minimum absolute atomic E-state index is 0.306. The summed E-state index contributed by atoms with van der Waals surface area (Å²) in [5.74, 6) is 1.91. The van der Waals surface area contributed by atoms with Crippen LogP contribution in [0, 0.1) is 12.3 Å². The van der Waals surface area contributed by atoms with Crippen LogP contribution in [0.15, 0.2) is 30.6 Å². The van der Waals surface area contributed by atoms with E-state index in [4.69, 9.17) is 16.1 Å². The van der Waals surface area contributed by atoms with Gasteiger partial charge in [-0.25, -0.2) is 15.0 Å². The van der Waals surface area contributed by atoms with Gasteiger partial charge in [-0.05, 0) is 37.9 Å². The lowest BCUT2D eigenvalue weighted by Gasteiger charge is -2.34. The van der Waals surface area contributed by atoms with E-state index < -0.39 is 0 Å². The number of nitrogens with two attached hydrogens (primary N) is 1. The van der Waals surface area contributed by atoms with Crippen molar-refractivity contribution in [1.82, 2.24) is 19.9 Å². The number of hydrogen-bond acceptors (Lipinski definition) is 8. The zero-order valence-corrected chi connectivity index (χ0v) is 17.7. The van der Waals surface area contributed by atoms with Crippen molar-refractivity contribution in [3.63, 3.8) is 0 Å². The molecular formula is C22H28N8.